The van der Waals surface area contributed by atoms with Crippen LogP contribution in [0.4, 0.5) is 4.39 Å². The molecule has 2 aromatic rings. The molecule has 1 aromatic heterocycles. The summed E-state index contributed by atoms with van der Waals surface area (Å²) in [5.74, 6) is 0.483. The first-order chi connectivity index (χ1) is 9.82. The second-order valence-corrected chi connectivity index (χ2v) is 6.16. The summed E-state index contributed by atoms with van der Waals surface area (Å²) in [5.41, 5.74) is 0.397. The van der Waals surface area contributed by atoms with Crippen molar-refractivity contribution in [1.82, 2.24) is 14.8 Å². The molecule has 0 fully saturated rings. The van der Waals surface area contributed by atoms with Crippen LogP contribution >= 0.6 is 0 Å². The topological polar surface area (TPSA) is 50.9 Å². The van der Waals surface area contributed by atoms with Gasteiger partial charge in [-0.15, -0.1) is 0 Å². The maximum atomic E-state index is 13.0. The lowest BCUT2D eigenvalue weighted by atomic mass is 9.78. The number of aliphatic hydroxyl groups excluding tert-OH is 1. The van der Waals surface area contributed by atoms with Crippen molar-refractivity contribution >= 4 is 0 Å². The molecule has 0 aliphatic heterocycles. The van der Waals surface area contributed by atoms with Crippen LogP contribution in [0.1, 0.15) is 45.1 Å². The quantitative estimate of drug-likeness (QED) is 0.921. The Morgan fingerprint density at radius 2 is 1.86 bits per heavy atom. The Morgan fingerprint density at radius 1 is 1.24 bits per heavy atom. The fourth-order valence-corrected chi connectivity index (χ4v) is 2.35. The molecule has 21 heavy (non-hydrogen) atoms. The van der Waals surface area contributed by atoms with E-state index in [2.05, 4.69) is 10.1 Å². The Kier molecular flexibility index (Phi) is 4.42. The highest BCUT2D eigenvalue weighted by Gasteiger charge is 2.31. The van der Waals surface area contributed by atoms with Crippen LogP contribution in [0.25, 0.3) is 0 Å². The van der Waals surface area contributed by atoms with Gasteiger partial charge >= 0.3 is 0 Å². The molecule has 4 nitrogen and oxygen atoms in total. The van der Waals surface area contributed by atoms with E-state index in [0.29, 0.717) is 6.42 Å². The lowest BCUT2D eigenvalue weighted by Gasteiger charge is -2.31. The molecule has 0 spiro atoms. The summed E-state index contributed by atoms with van der Waals surface area (Å²) in [7, 11) is 0. The normalized spacial score (nSPS) is 13.7. The molecule has 114 valence electrons. The first kappa shape index (κ1) is 15.6. The van der Waals surface area contributed by atoms with Crippen LogP contribution < -0.4 is 0 Å². The molecule has 0 aliphatic rings. The number of aromatic nitrogens is 3. The minimum Gasteiger partial charge on any atom is -0.392 e. The zero-order chi connectivity index (χ0) is 15.6. The molecule has 1 atom stereocenters. The molecule has 0 saturated heterocycles. The van der Waals surface area contributed by atoms with Gasteiger partial charge in [-0.1, -0.05) is 26.0 Å². The standard InChI is InChI=1S/C16H22FN3O/c1-11(2)20-15(18-10-19-20)9-14(21)16(3,4)12-5-7-13(17)8-6-12/h5-8,10-11,14,21H,9H2,1-4H3. The molecule has 0 amide bonds. The van der Waals surface area contributed by atoms with Gasteiger partial charge in [-0.2, -0.15) is 5.10 Å². The summed E-state index contributed by atoms with van der Waals surface area (Å²) in [6.45, 7) is 7.94. The molecule has 2 rings (SSSR count). The fourth-order valence-electron chi connectivity index (χ4n) is 2.35. The van der Waals surface area contributed by atoms with Gasteiger partial charge in [0.2, 0.25) is 0 Å². The Labute approximate surface area is 124 Å². The number of halogens is 1. The molecule has 1 heterocycles. The summed E-state index contributed by atoms with van der Waals surface area (Å²) in [4.78, 5) is 4.23. The van der Waals surface area contributed by atoms with E-state index in [1.807, 2.05) is 32.4 Å². The van der Waals surface area contributed by atoms with E-state index in [1.165, 1.54) is 18.5 Å². The van der Waals surface area contributed by atoms with E-state index in [-0.39, 0.29) is 11.9 Å². The SMILES string of the molecule is CC(C)n1ncnc1CC(O)C(C)(C)c1ccc(F)cc1. The van der Waals surface area contributed by atoms with Crippen molar-refractivity contribution in [3.05, 3.63) is 47.8 Å². The first-order valence-electron chi connectivity index (χ1n) is 7.15. The van der Waals surface area contributed by atoms with Gasteiger partial charge in [0.15, 0.2) is 0 Å². The van der Waals surface area contributed by atoms with Crippen LogP contribution in [0.15, 0.2) is 30.6 Å². The summed E-state index contributed by atoms with van der Waals surface area (Å²) < 4.78 is 14.8. The van der Waals surface area contributed by atoms with Crippen molar-refractivity contribution < 1.29 is 9.50 Å². The minimum absolute atomic E-state index is 0.198. The Morgan fingerprint density at radius 3 is 2.43 bits per heavy atom. The molecule has 0 saturated carbocycles. The van der Waals surface area contributed by atoms with E-state index in [0.717, 1.165) is 11.4 Å². The van der Waals surface area contributed by atoms with Crippen LogP contribution in [0.2, 0.25) is 0 Å². The van der Waals surface area contributed by atoms with Gasteiger partial charge in [-0.3, -0.25) is 0 Å². The summed E-state index contributed by atoms with van der Waals surface area (Å²) >= 11 is 0. The number of benzene rings is 1. The predicted molar refractivity (Wildman–Crippen MR) is 79.5 cm³/mol. The highest BCUT2D eigenvalue weighted by Crippen LogP contribution is 2.29. The van der Waals surface area contributed by atoms with E-state index < -0.39 is 11.5 Å². The number of rotatable bonds is 5. The third kappa shape index (κ3) is 3.29. The zero-order valence-electron chi connectivity index (χ0n) is 12.9. The molecule has 0 aliphatic carbocycles. The predicted octanol–water partition coefficient (Wildman–Crippen LogP) is 2.88. The van der Waals surface area contributed by atoms with E-state index >= 15 is 0 Å². The van der Waals surface area contributed by atoms with Crippen LogP contribution in [0.3, 0.4) is 0 Å². The average Bonchev–Trinajstić information content (AvgIpc) is 2.87. The highest BCUT2D eigenvalue weighted by atomic mass is 19.1. The van der Waals surface area contributed by atoms with Gasteiger partial charge in [0.1, 0.15) is 18.0 Å². The second kappa shape index (κ2) is 5.93. The van der Waals surface area contributed by atoms with Crippen molar-refractivity contribution in [3.8, 4) is 0 Å². The van der Waals surface area contributed by atoms with Gasteiger partial charge in [-0.05, 0) is 31.5 Å². The molecule has 1 N–H and O–H groups in total. The van der Waals surface area contributed by atoms with Gasteiger partial charge in [-0.25, -0.2) is 14.1 Å². The van der Waals surface area contributed by atoms with Crippen molar-refractivity contribution in [2.45, 2.75) is 51.7 Å². The molecule has 1 aromatic carbocycles. The van der Waals surface area contributed by atoms with Crippen molar-refractivity contribution in [2.24, 2.45) is 0 Å². The van der Waals surface area contributed by atoms with Crippen molar-refractivity contribution in [2.75, 3.05) is 0 Å². The van der Waals surface area contributed by atoms with E-state index in [9.17, 15) is 9.50 Å². The Hall–Kier alpha value is -1.75. The van der Waals surface area contributed by atoms with E-state index in [1.54, 1.807) is 12.1 Å². The van der Waals surface area contributed by atoms with E-state index in [4.69, 9.17) is 0 Å². The number of nitrogens with zero attached hydrogens (tertiary/aromatic N) is 3. The summed E-state index contributed by atoms with van der Waals surface area (Å²) in [6, 6.07) is 6.46. The van der Waals surface area contributed by atoms with Gasteiger partial charge in [0.25, 0.3) is 0 Å². The van der Waals surface area contributed by atoms with Crippen LogP contribution in [0.5, 0.6) is 0 Å². The first-order valence-corrected chi connectivity index (χ1v) is 7.15. The Balaban J connectivity index is 2.20. The maximum absolute atomic E-state index is 13.0. The van der Waals surface area contributed by atoms with Crippen molar-refractivity contribution in [1.29, 1.82) is 0 Å². The summed E-state index contributed by atoms with van der Waals surface area (Å²) in [5, 5.41) is 14.8. The third-order valence-corrected chi connectivity index (χ3v) is 3.93. The van der Waals surface area contributed by atoms with Crippen LogP contribution in [-0.2, 0) is 11.8 Å². The third-order valence-electron chi connectivity index (χ3n) is 3.93. The van der Waals surface area contributed by atoms with Gasteiger partial charge < -0.3 is 5.11 Å². The Bertz CT molecular complexity index is 590. The molecular weight excluding hydrogens is 269 g/mol. The molecule has 5 heteroatoms. The van der Waals surface area contributed by atoms with Gasteiger partial charge in [0.05, 0.1) is 6.10 Å². The molecule has 1 unspecified atom stereocenters. The average molecular weight is 291 g/mol. The smallest absolute Gasteiger partial charge is 0.138 e. The zero-order valence-corrected chi connectivity index (χ0v) is 12.9. The lowest BCUT2D eigenvalue weighted by Crippen LogP contribution is -2.36. The highest BCUT2D eigenvalue weighted by molar-refractivity contribution is 5.26. The van der Waals surface area contributed by atoms with Crippen LogP contribution in [-0.4, -0.2) is 26.0 Å². The van der Waals surface area contributed by atoms with Gasteiger partial charge in [0, 0.05) is 17.9 Å². The number of hydrogen-bond acceptors (Lipinski definition) is 3. The largest absolute Gasteiger partial charge is 0.392 e. The minimum atomic E-state index is -0.635. The second-order valence-electron chi connectivity index (χ2n) is 6.16. The number of hydrogen-bond donors (Lipinski definition) is 1. The summed E-state index contributed by atoms with van der Waals surface area (Å²) in [6.07, 6.45) is 1.28. The maximum Gasteiger partial charge on any atom is 0.138 e. The molecule has 0 radical (unpaired) electrons. The monoisotopic (exact) mass is 291 g/mol. The fraction of sp³-hybridized carbons (Fsp3) is 0.500. The number of aliphatic hydroxyl groups is 1. The molecular formula is C16H22FN3O. The van der Waals surface area contributed by atoms with Crippen LogP contribution in [0, 0.1) is 5.82 Å². The lowest BCUT2D eigenvalue weighted by molar-refractivity contribution is 0.0964. The molecule has 0 bridgehead atoms. The van der Waals surface area contributed by atoms with Crippen molar-refractivity contribution in [3.63, 3.8) is 0 Å².